The van der Waals surface area contributed by atoms with Gasteiger partial charge < -0.3 is 19.7 Å². The highest BCUT2D eigenvalue weighted by Crippen LogP contribution is 2.31. The predicted octanol–water partition coefficient (Wildman–Crippen LogP) is 5.40. The summed E-state index contributed by atoms with van der Waals surface area (Å²) in [5.74, 6) is 1.27. The van der Waals surface area contributed by atoms with Crippen LogP contribution in [-0.2, 0) is 0 Å². The second-order valence-electron chi connectivity index (χ2n) is 6.68. The molecule has 0 aliphatic rings. The maximum atomic E-state index is 10.4. The van der Waals surface area contributed by atoms with Crippen LogP contribution in [0.2, 0.25) is 0 Å². The summed E-state index contributed by atoms with van der Waals surface area (Å²) in [6.45, 7) is 3.59. The third kappa shape index (κ3) is 4.78. The lowest BCUT2D eigenvalue weighted by molar-refractivity contribution is 0.415. The average Bonchev–Trinajstić information content (AvgIpc) is 2.73. The molecule has 0 saturated carbocycles. The highest BCUT2D eigenvalue weighted by molar-refractivity contribution is 6.08. The van der Waals surface area contributed by atoms with E-state index in [1.54, 1.807) is 46.3 Å². The number of ether oxygens (including phenoxy) is 2. The second-order valence-corrected chi connectivity index (χ2v) is 6.68. The first kappa shape index (κ1) is 20.9. The van der Waals surface area contributed by atoms with Crippen molar-refractivity contribution < 1.29 is 19.7 Å². The lowest BCUT2D eigenvalue weighted by Crippen LogP contribution is -2.01. The molecule has 154 valence electrons. The van der Waals surface area contributed by atoms with E-state index in [2.05, 4.69) is 9.98 Å². The number of phenolic OH excluding ortho intramolecular Hbond substituents is 2. The Balaban J connectivity index is 2.00. The van der Waals surface area contributed by atoms with E-state index >= 15 is 0 Å². The van der Waals surface area contributed by atoms with Crippen molar-refractivity contribution in [3.63, 3.8) is 0 Å². The maximum absolute atomic E-state index is 10.4. The van der Waals surface area contributed by atoms with Crippen molar-refractivity contribution >= 4 is 22.8 Å². The summed E-state index contributed by atoms with van der Waals surface area (Å²) in [7, 11) is 3.19. The van der Waals surface area contributed by atoms with Gasteiger partial charge in [0.25, 0.3) is 0 Å². The van der Waals surface area contributed by atoms with Crippen molar-refractivity contribution in [1.29, 1.82) is 0 Å². The van der Waals surface area contributed by atoms with Gasteiger partial charge in [-0.2, -0.15) is 0 Å². The van der Waals surface area contributed by atoms with Crippen molar-refractivity contribution in [3.05, 3.63) is 71.8 Å². The fourth-order valence-corrected chi connectivity index (χ4v) is 3.02. The molecule has 0 saturated heterocycles. The number of benzene rings is 3. The van der Waals surface area contributed by atoms with Crippen LogP contribution in [0.25, 0.3) is 0 Å². The Hall–Kier alpha value is -3.80. The van der Waals surface area contributed by atoms with E-state index < -0.39 is 0 Å². The Kier molecular flexibility index (Phi) is 6.37. The summed E-state index contributed by atoms with van der Waals surface area (Å²) in [5.41, 5.74) is 3.59. The molecule has 0 aliphatic carbocycles. The van der Waals surface area contributed by atoms with Crippen LogP contribution < -0.4 is 9.47 Å². The van der Waals surface area contributed by atoms with Crippen molar-refractivity contribution in [3.8, 4) is 23.0 Å². The summed E-state index contributed by atoms with van der Waals surface area (Å²) in [5, 5.41) is 20.8. The van der Waals surface area contributed by atoms with Crippen LogP contribution in [0.3, 0.4) is 0 Å². The molecule has 0 heterocycles. The van der Waals surface area contributed by atoms with Gasteiger partial charge >= 0.3 is 0 Å². The minimum absolute atomic E-state index is 0.0606. The number of hydrogen-bond acceptors (Lipinski definition) is 6. The number of nitrogens with zero attached hydrogens (tertiary/aromatic N) is 2. The van der Waals surface area contributed by atoms with Gasteiger partial charge in [-0.15, -0.1) is 0 Å². The number of rotatable bonds is 6. The van der Waals surface area contributed by atoms with E-state index in [4.69, 9.17) is 9.47 Å². The van der Waals surface area contributed by atoms with Gasteiger partial charge in [0.15, 0.2) is 0 Å². The monoisotopic (exact) mass is 404 g/mol. The van der Waals surface area contributed by atoms with E-state index in [1.165, 1.54) is 6.07 Å². The fourth-order valence-electron chi connectivity index (χ4n) is 3.02. The Labute approximate surface area is 175 Å². The zero-order valence-corrected chi connectivity index (χ0v) is 17.4. The van der Waals surface area contributed by atoms with Crippen molar-refractivity contribution in [2.75, 3.05) is 14.2 Å². The van der Waals surface area contributed by atoms with Gasteiger partial charge in [0, 0.05) is 40.7 Å². The Morgan fingerprint density at radius 1 is 0.667 bits per heavy atom. The third-order valence-electron chi connectivity index (χ3n) is 4.59. The highest BCUT2D eigenvalue weighted by atomic mass is 16.5. The molecule has 0 spiro atoms. The normalized spacial score (nSPS) is 12.0. The zero-order valence-electron chi connectivity index (χ0n) is 17.4. The molecule has 30 heavy (non-hydrogen) atoms. The number of hydrogen-bond donors (Lipinski definition) is 2. The molecule has 0 fully saturated rings. The van der Waals surface area contributed by atoms with Crippen LogP contribution in [0.4, 0.5) is 11.4 Å². The van der Waals surface area contributed by atoms with Gasteiger partial charge in [0.1, 0.15) is 23.0 Å². The molecule has 0 aliphatic heterocycles. The molecule has 0 radical (unpaired) electrons. The lowest BCUT2D eigenvalue weighted by Gasteiger charge is -2.11. The van der Waals surface area contributed by atoms with Crippen LogP contribution in [0.15, 0.2) is 70.6 Å². The number of aromatic hydroxyl groups is 2. The van der Waals surface area contributed by atoms with E-state index in [0.717, 1.165) is 0 Å². The van der Waals surface area contributed by atoms with Gasteiger partial charge in [-0.3, -0.25) is 9.98 Å². The van der Waals surface area contributed by atoms with Crippen molar-refractivity contribution in [1.82, 2.24) is 0 Å². The summed E-state index contributed by atoms with van der Waals surface area (Å²) in [6, 6.07) is 17.7. The number of methoxy groups -OCH3 is 2. The standard InChI is InChI=1S/C24H24N2O4/c1-15(25-17-7-5-9-19(11-17)29-3)21-13-22(24(28)14-23(21)27)16(2)26-18-8-6-10-20(12-18)30-4/h5-14,27-28H,1-4H3. The first-order valence-corrected chi connectivity index (χ1v) is 9.36. The molecule has 0 unspecified atom stereocenters. The molecule has 2 N–H and O–H groups in total. The summed E-state index contributed by atoms with van der Waals surface area (Å²) >= 11 is 0. The van der Waals surface area contributed by atoms with E-state index in [0.29, 0.717) is 45.4 Å². The topological polar surface area (TPSA) is 83.6 Å². The molecule has 0 atom stereocenters. The maximum Gasteiger partial charge on any atom is 0.128 e. The average molecular weight is 404 g/mol. The van der Waals surface area contributed by atoms with Crippen LogP contribution in [0.5, 0.6) is 23.0 Å². The van der Waals surface area contributed by atoms with E-state index in [-0.39, 0.29) is 11.5 Å². The van der Waals surface area contributed by atoms with Crippen LogP contribution in [0.1, 0.15) is 25.0 Å². The van der Waals surface area contributed by atoms with Crippen LogP contribution >= 0.6 is 0 Å². The number of phenols is 2. The Morgan fingerprint density at radius 2 is 1.10 bits per heavy atom. The van der Waals surface area contributed by atoms with Gasteiger partial charge in [-0.25, -0.2) is 0 Å². The van der Waals surface area contributed by atoms with Gasteiger partial charge in [0.05, 0.1) is 25.6 Å². The van der Waals surface area contributed by atoms with E-state index in [1.807, 2.05) is 36.4 Å². The Bertz CT molecular complexity index is 1040. The molecule has 6 heteroatoms. The smallest absolute Gasteiger partial charge is 0.128 e. The molecule has 0 bridgehead atoms. The fraction of sp³-hybridized carbons (Fsp3) is 0.167. The van der Waals surface area contributed by atoms with Crippen molar-refractivity contribution in [2.45, 2.75) is 13.8 Å². The van der Waals surface area contributed by atoms with Gasteiger partial charge in [-0.05, 0) is 44.2 Å². The number of aliphatic imine (C=N–C) groups is 2. The minimum Gasteiger partial charge on any atom is -0.507 e. The Morgan fingerprint density at radius 3 is 1.50 bits per heavy atom. The lowest BCUT2D eigenvalue weighted by atomic mass is 10.0. The zero-order chi connectivity index (χ0) is 21.7. The molecule has 0 amide bonds. The highest BCUT2D eigenvalue weighted by Gasteiger charge is 2.14. The molecular weight excluding hydrogens is 380 g/mol. The second kappa shape index (κ2) is 9.13. The molecule has 0 aromatic heterocycles. The molecule has 3 rings (SSSR count). The molecule has 3 aromatic carbocycles. The molecular formula is C24H24N2O4. The first-order valence-electron chi connectivity index (χ1n) is 9.36. The first-order chi connectivity index (χ1) is 14.4. The predicted molar refractivity (Wildman–Crippen MR) is 120 cm³/mol. The van der Waals surface area contributed by atoms with Crippen molar-refractivity contribution in [2.24, 2.45) is 9.98 Å². The van der Waals surface area contributed by atoms with Crippen LogP contribution in [-0.4, -0.2) is 35.9 Å². The SMILES string of the molecule is COc1cccc(N=C(C)c2cc(C(C)=Nc3cccc(OC)c3)c(O)cc2O)c1. The largest absolute Gasteiger partial charge is 0.507 e. The van der Waals surface area contributed by atoms with Crippen LogP contribution in [0, 0.1) is 0 Å². The quantitative estimate of drug-likeness (QED) is 0.539. The van der Waals surface area contributed by atoms with E-state index in [9.17, 15) is 10.2 Å². The third-order valence-corrected chi connectivity index (χ3v) is 4.59. The summed E-state index contributed by atoms with van der Waals surface area (Å²) in [6.07, 6.45) is 0. The molecule has 3 aromatic rings. The molecule has 6 nitrogen and oxygen atoms in total. The van der Waals surface area contributed by atoms with Gasteiger partial charge in [0.2, 0.25) is 0 Å². The summed E-state index contributed by atoms with van der Waals surface area (Å²) in [4.78, 5) is 9.15. The summed E-state index contributed by atoms with van der Waals surface area (Å²) < 4.78 is 10.5. The van der Waals surface area contributed by atoms with Gasteiger partial charge in [-0.1, -0.05) is 12.1 Å². The minimum atomic E-state index is -0.0606.